The zero-order valence-corrected chi connectivity index (χ0v) is 13.0. The minimum absolute atomic E-state index is 0.621. The molecule has 108 valence electrons. The SMILES string of the molecule is CCn1nc(C)c(Cl)c1CN1CCCCC1CNC. The second kappa shape index (κ2) is 6.73. The Bertz CT molecular complexity index is 414. The molecule has 1 saturated heterocycles. The van der Waals surface area contributed by atoms with Crippen LogP contribution in [0.5, 0.6) is 0 Å². The molecule has 0 saturated carbocycles. The molecule has 0 spiro atoms. The maximum absolute atomic E-state index is 6.41. The molecule has 0 radical (unpaired) electrons. The van der Waals surface area contributed by atoms with Crippen LogP contribution < -0.4 is 5.32 Å². The zero-order valence-electron chi connectivity index (χ0n) is 12.2. The number of piperidine rings is 1. The molecule has 1 N–H and O–H groups in total. The van der Waals surface area contributed by atoms with E-state index < -0.39 is 0 Å². The third-order valence-electron chi connectivity index (χ3n) is 3.99. The lowest BCUT2D eigenvalue weighted by Crippen LogP contribution is -2.44. The first-order valence-electron chi connectivity index (χ1n) is 7.27. The lowest BCUT2D eigenvalue weighted by Gasteiger charge is -2.35. The maximum atomic E-state index is 6.41. The van der Waals surface area contributed by atoms with E-state index in [-0.39, 0.29) is 0 Å². The number of halogens is 1. The van der Waals surface area contributed by atoms with Crippen LogP contribution in [-0.4, -0.2) is 40.9 Å². The van der Waals surface area contributed by atoms with Crippen molar-refractivity contribution in [1.82, 2.24) is 20.0 Å². The molecule has 5 heteroatoms. The normalized spacial score (nSPS) is 20.9. The number of aromatic nitrogens is 2. The second-order valence-electron chi connectivity index (χ2n) is 5.34. The van der Waals surface area contributed by atoms with E-state index in [9.17, 15) is 0 Å². The van der Waals surface area contributed by atoms with Crippen molar-refractivity contribution in [1.29, 1.82) is 0 Å². The molecule has 4 nitrogen and oxygen atoms in total. The van der Waals surface area contributed by atoms with Gasteiger partial charge < -0.3 is 5.32 Å². The van der Waals surface area contributed by atoms with Crippen LogP contribution in [0.1, 0.15) is 37.6 Å². The first-order valence-corrected chi connectivity index (χ1v) is 7.65. The summed E-state index contributed by atoms with van der Waals surface area (Å²) in [6.07, 6.45) is 3.90. The van der Waals surface area contributed by atoms with Crippen molar-refractivity contribution in [2.45, 2.75) is 52.2 Å². The maximum Gasteiger partial charge on any atom is 0.0860 e. The first kappa shape index (κ1) is 14.8. The molecule has 0 aliphatic carbocycles. The topological polar surface area (TPSA) is 33.1 Å². The number of rotatable bonds is 5. The Hall–Kier alpha value is -0.580. The highest BCUT2D eigenvalue weighted by molar-refractivity contribution is 6.31. The number of likely N-dealkylation sites (N-methyl/N-ethyl adjacent to an activating group) is 1. The molecule has 0 bridgehead atoms. The Labute approximate surface area is 121 Å². The molecule has 1 aliphatic heterocycles. The van der Waals surface area contributed by atoms with Gasteiger partial charge in [-0.05, 0) is 40.3 Å². The zero-order chi connectivity index (χ0) is 13.8. The molecule has 1 aromatic rings. The largest absolute Gasteiger partial charge is 0.318 e. The molecule has 1 unspecified atom stereocenters. The fourth-order valence-corrected chi connectivity index (χ4v) is 3.14. The van der Waals surface area contributed by atoms with E-state index in [1.165, 1.54) is 25.0 Å². The lowest BCUT2D eigenvalue weighted by atomic mass is 10.0. The van der Waals surface area contributed by atoms with E-state index >= 15 is 0 Å². The van der Waals surface area contributed by atoms with Gasteiger partial charge in [-0.15, -0.1) is 0 Å². The van der Waals surface area contributed by atoms with Crippen LogP contribution in [0.2, 0.25) is 5.02 Å². The first-order chi connectivity index (χ1) is 9.17. The van der Waals surface area contributed by atoms with Crippen LogP contribution >= 0.6 is 11.6 Å². The summed E-state index contributed by atoms with van der Waals surface area (Å²) in [6, 6.07) is 0.621. The highest BCUT2D eigenvalue weighted by Gasteiger charge is 2.24. The number of hydrogen-bond donors (Lipinski definition) is 1. The summed E-state index contributed by atoms with van der Waals surface area (Å²) in [4.78, 5) is 2.55. The Morgan fingerprint density at radius 2 is 2.21 bits per heavy atom. The summed E-state index contributed by atoms with van der Waals surface area (Å²) in [5, 5.41) is 8.66. The Morgan fingerprint density at radius 3 is 2.89 bits per heavy atom. The van der Waals surface area contributed by atoms with E-state index in [0.29, 0.717) is 6.04 Å². The van der Waals surface area contributed by atoms with Crippen LogP contribution in [0.3, 0.4) is 0 Å². The monoisotopic (exact) mass is 284 g/mol. The smallest absolute Gasteiger partial charge is 0.0860 e. The van der Waals surface area contributed by atoms with Gasteiger partial charge in [0, 0.05) is 25.7 Å². The molecule has 1 aliphatic rings. The minimum atomic E-state index is 0.621. The summed E-state index contributed by atoms with van der Waals surface area (Å²) >= 11 is 6.41. The predicted molar refractivity (Wildman–Crippen MR) is 79.6 cm³/mol. The van der Waals surface area contributed by atoms with Crippen LogP contribution in [-0.2, 0) is 13.1 Å². The van der Waals surface area contributed by atoms with Gasteiger partial charge in [-0.25, -0.2) is 0 Å². The van der Waals surface area contributed by atoms with Crippen LogP contribution in [0.4, 0.5) is 0 Å². The predicted octanol–water partition coefficient (Wildman–Crippen LogP) is 2.44. The lowest BCUT2D eigenvalue weighted by molar-refractivity contribution is 0.135. The summed E-state index contributed by atoms with van der Waals surface area (Å²) in [5.41, 5.74) is 2.12. The van der Waals surface area contributed by atoms with Gasteiger partial charge in [-0.2, -0.15) is 5.10 Å². The molecule has 0 amide bonds. The number of nitrogens with zero attached hydrogens (tertiary/aromatic N) is 3. The molecule has 1 atom stereocenters. The van der Waals surface area contributed by atoms with Gasteiger partial charge in [0.25, 0.3) is 0 Å². The van der Waals surface area contributed by atoms with Crippen molar-refractivity contribution in [2.75, 3.05) is 20.1 Å². The fraction of sp³-hybridized carbons (Fsp3) is 0.786. The van der Waals surface area contributed by atoms with E-state index in [0.717, 1.165) is 36.9 Å². The van der Waals surface area contributed by atoms with E-state index in [1.54, 1.807) is 0 Å². The van der Waals surface area contributed by atoms with E-state index in [4.69, 9.17) is 11.6 Å². The molecule has 0 aromatic carbocycles. The van der Waals surface area contributed by atoms with Crippen molar-refractivity contribution >= 4 is 11.6 Å². The summed E-state index contributed by atoms with van der Waals surface area (Å²) in [6.45, 7) is 8.12. The van der Waals surface area contributed by atoms with Crippen LogP contribution in [0.25, 0.3) is 0 Å². The molecule has 1 aromatic heterocycles. The van der Waals surface area contributed by atoms with Gasteiger partial charge in [0.15, 0.2) is 0 Å². The van der Waals surface area contributed by atoms with Crippen molar-refractivity contribution in [2.24, 2.45) is 0 Å². The summed E-state index contributed by atoms with van der Waals surface area (Å²) in [5.74, 6) is 0. The van der Waals surface area contributed by atoms with Crippen molar-refractivity contribution in [3.8, 4) is 0 Å². The van der Waals surface area contributed by atoms with Gasteiger partial charge in [-0.3, -0.25) is 9.58 Å². The Morgan fingerprint density at radius 1 is 1.42 bits per heavy atom. The summed E-state index contributed by atoms with van der Waals surface area (Å²) in [7, 11) is 2.03. The third kappa shape index (κ3) is 3.30. The number of likely N-dealkylation sites (tertiary alicyclic amines) is 1. The van der Waals surface area contributed by atoms with Gasteiger partial charge >= 0.3 is 0 Å². The molecule has 2 heterocycles. The van der Waals surface area contributed by atoms with Crippen molar-refractivity contribution in [3.63, 3.8) is 0 Å². The Kier molecular flexibility index (Phi) is 5.25. The molecule has 19 heavy (non-hydrogen) atoms. The molecule has 1 fully saturated rings. The van der Waals surface area contributed by atoms with E-state index in [1.807, 2.05) is 18.7 Å². The molecule has 2 rings (SSSR count). The van der Waals surface area contributed by atoms with Gasteiger partial charge in [-0.1, -0.05) is 18.0 Å². The van der Waals surface area contributed by atoms with Gasteiger partial charge in [0.2, 0.25) is 0 Å². The van der Waals surface area contributed by atoms with Gasteiger partial charge in [0.05, 0.1) is 16.4 Å². The average molecular weight is 285 g/mol. The van der Waals surface area contributed by atoms with Crippen LogP contribution in [0.15, 0.2) is 0 Å². The van der Waals surface area contributed by atoms with Crippen molar-refractivity contribution < 1.29 is 0 Å². The highest BCUT2D eigenvalue weighted by atomic mass is 35.5. The summed E-state index contributed by atoms with van der Waals surface area (Å²) < 4.78 is 2.04. The standard InChI is InChI=1S/C14H25ClN4/c1-4-19-13(14(15)11(2)17-19)10-18-8-6-5-7-12(18)9-16-3/h12,16H,4-10H2,1-3H3. The minimum Gasteiger partial charge on any atom is -0.318 e. The third-order valence-corrected chi connectivity index (χ3v) is 4.49. The Balaban J connectivity index is 2.14. The molecular weight excluding hydrogens is 260 g/mol. The molecular formula is C14H25ClN4. The number of nitrogens with one attached hydrogen (secondary N) is 1. The fourth-order valence-electron chi connectivity index (χ4n) is 2.95. The van der Waals surface area contributed by atoms with Gasteiger partial charge in [0.1, 0.15) is 0 Å². The van der Waals surface area contributed by atoms with E-state index in [2.05, 4.69) is 22.2 Å². The average Bonchev–Trinajstić information content (AvgIpc) is 2.69. The number of aryl methyl sites for hydroxylation is 2. The quantitative estimate of drug-likeness (QED) is 0.902. The second-order valence-corrected chi connectivity index (χ2v) is 5.72. The number of hydrogen-bond acceptors (Lipinski definition) is 3. The highest BCUT2D eigenvalue weighted by Crippen LogP contribution is 2.25. The van der Waals surface area contributed by atoms with Crippen LogP contribution in [0, 0.1) is 6.92 Å². The van der Waals surface area contributed by atoms with Crippen molar-refractivity contribution in [3.05, 3.63) is 16.4 Å².